The highest BCUT2D eigenvalue weighted by atomic mass is 35.5. The lowest BCUT2D eigenvalue weighted by Crippen LogP contribution is -2.51. The number of piperazine rings is 1. The minimum absolute atomic E-state index is 0.345. The molecule has 0 spiro atoms. The Labute approximate surface area is 237 Å². The summed E-state index contributed by atoms with van der Waals surface area (Å²) in [6, 6.07) is 9.08. The third-order valence-electron chi connectivity index (χ3n) is 7.31. The third-order valence-corrected chi connectivity index (χ3v) is 7.92. The van der Waals surface area contributed by atoms with Crippen LogP contribution in [0.15, 0.2) is 30.5 Å². The Hall–Kier alpha value is -3.00. The minimum atomic E-state index is -0.535. The second kappa shape index (κ2) is 11.6. The van der Waals surface area contributed by atoms with Gasteiger partial charge in [-0.15, -0.1) is 0 Å². The summed E-state index contributed by atoms with van der Waals surface area (Å²) in [6.45, 7) is 5.14. The minimum Gasteiger partial charge on any atom is -0.495 e. The van der Waals surface area contributed by atoms with Crippen LogP contribution in [0, 0.1) is 11.3 Å². The van der Waals surface area contributed by atoms with Gasteiger partial charge in [-0.1, -0.05) is 23.2 Å². The van der Waals surface area contributed by atoms with Crippen LogP contribution in [0.1, 0.15) is 24.8 Å². The molecule has 2 aromatic carbocycles. The molecule has 2 fully saturated rings. The molecule has 3 aromatic rings. The molecular formula is C28H31Cl2N5O4. The Morgan fingerprint density at radius 1 is 1.03 bits per heavy atom. The van der Waals surface area contributed by atoms with Crippen molar-refractivity contribution < 1.29 is 19.3 Å². The van der Waals surface area contributed by atoms with Crippen LogP contribution in [0.4, 0.5) is 11.4 Å². The smallest absolute Gasteiger partial charge is 0.163 e. The maximum Gasteiger partial charge on any atom is 0.163 e. The molecule has 11 heteroatoms. The average molecular weight is 572 g/mol. The first kappa shape index (κ1) is 27.6. The summed E-state index contributed by atoms with van der Waals surface area (Å²) in [5.41, 5.74) is 1.52. The summed E-state index contributed by atoms with van der Waals surface area (Å²) in [6.07, 6.45) is 4.15. The van der Waals surface area contributed by atoms with Crippen molar-refractivity contribution in [2.75, 3.05) is 58.9 Å². The van der Waals surface area contributed by atoms with Gasteiger partial charge in [0.1, 0.15) is 17.5 Å². The Morgan fingerprint density at radius 2 is 1.77 bits per heavy atom. The number of nitrogens with zero attached hydrogens (tertiary/aromatic N) is 4. The second-order valence-corrected chi connectivity index (χ2v) is 10.6. The molecule has 0 amide bonds. The normalized spacial score (nSPS) is 17.0. The molecule has 2 N–H and O–H groups in total. The maximum absolute atomic E-state index is 10.3. The molecule has 0 unspecified atom stereocenters. The molecule has 206 valence electrons. The van der Waals surface area contributed by atoms with Gasteiger partial charge in [0, 0.05) is 56.4 Å². The van der Waals surface area contributed by atoms with Crippen molar-refractivity contribution in [3.05, 3.63) is 46.1 Å². The molecule has 1 saturated heterocycles. The molecule has 5 rings (SSSR count). The van der Waals surface area contributed by atoms with Crippen LogP contribution < -0.4 is 19.5 Å². The number of ether oxygens (including phenoxy) is 3. The Kier molecular flexibility index (Phi) is 8.21. The highest BCUT2D eigenvalue weighted by molar-refractivity contribution is 6.37. The number of halogens is 2. The lowest BCUT2D eigenvalue weighted by Gasteiger charge is -2.37. The van der Waals surface area contributed by atoms with Gasteiger partial charge in [0.2, 0.25) is 0 Å². The summed E-state index contributed by atoms with van der Waals surface area (Å²) >= 11 is 12.6. The third kappa shape index (κ3) is 5.96. The van der Waals surface area contributed by atoms with E-state index in [0.717, 1.165) is 52.0 Å². The summed E-state index contributed by atoms with van der Waals surface area (Å²) in [5, 5.41) is 24.8. The lowest BCUT2D eigenvalue weighted by molar-refractivity contribution is -0.0472. The van der Waals surface area contributed by atoms with Gasteiger partial charge in [-0.2, -0.15) is 5.26 Å². The molecule has 9 nitrogen and oxygen atoms in total. The van der Waals surface area contributed by atoms with E-state index in [1.807, 2.05) is 12.1 Å². The van der Waals surface area contributed by atoms with Gasteiger partial charge in [0.15, 0.2) is 11.5 Å². The molecule has 1 saturated carbocycles. The number of rotatable bonds is 10. The first-order valence-corrected chi connectivity index (χ1v) is 13.6. The van der Waals surface area contributed by atoms with Crippen molar-refractivity contribution in [3.8, 4) is 23.3 Å². The molecule has 0 radical (unpaired) electrons. The Bertz CT molecular complexity index is 1400. The molecule has 2 aliphatic rings. The van der Waals surface area contributed by atoms with Gasteiger partial charge in [0.25, 0.3) is 0 Å². The van der Waals surface area contributed by atoms with Crippen LogP contribution in [0.2, 0.25) is 10.0 Å². The van der Waals surface area contributed by atoms with Crippen LogP contribution >= 0.6 is 23.2 Å². The van der Waals surface area contributed by atoms with E-state index in [2.05, 4.69) is 26.2 Å². The number of nitrogens with one attached hydrogen (secondary N) is 1. The van der Waals surface area contributed by atoms with Crippen LogP contribution in [0.25, 0.3) is 10.9 Å². The largest absolute Gasteiger partial charge is 0.495 e. The number of anilines is 2. The fraction of sp³-hybridized carbons (Fsp3) is 0.429. The topological polar surface area (TPSA) is 103 Å². The van der Waals surface area contributed by atoms with Crippen molar-refractivity contribution in [1.82, 2.24) is 14.8 Å². The lowest BCUT2D eigenvalue weighted by atomic mass is 10.1. The number of fused-ring (bicyclic) bond motifs is 1. The van der Waals surface area contributed by atoms with Crippen molar-refractivity contribution in [3.63, 3.8) is 0 Å². The van der Waals surface area contributed by atoms with Crippen molar-refractivity contribution >= 4 is 45.5 Å². The Morgan fingerprint density at radius 3 is 2.44 bits per heavy atom. The molecule has 1 aliphatic carbocycles. The number of aliphatic hydroxyl groups is 1. The number of pyridine rings is 1. The first-order chi connectivity index (χ1) is 18.8. The fourth-order valence-electron chi connectivity index (χ4n) is 4.89. The predicted molar refractivity (Wildman–Crippen MR) is 152 cm³/mol. The number of aromatic nitrogens is 1. The zero-order valence-corrected chi connectivity index (χ0v) is 23.5. The molecule has 1 aromatic heterocycles. The van der Waals surface area contributed by atoms with E-state index in [9.17, 15) is 10.4 Å². The van der Waals surface area contributed by atoms with Gasteiger partial charge in [-0.05, 0) is 31.4 Å². The summed E-state index contributed by atoms with van der Waals surface area (Å²) in [7, 11) is 3.10. The van der Waals surface area contributed by atoms with E-state index in [1.54, 1.807) is 19.2 Å². The van der Waals surface area contributed by atoms with Crippen molar-refractivity contribution in [2.24, 2.45) is 0 Å². The van der Waals surface area contributed by atoms with Gasteiger partial charge >= 0.3 is 0 Å². The highest BCUT2D eigenvalue weighted by Crippen LogP contribution is 2.41. The predicted octanol–water partition coefficient (Wildman–Crippen LogP) is 5.04. The van der Waals surface area contributed by atoms with Gasteiger partial charge in [0.05, 0.1) is 53.3 Å². The average Bonchev–Trinajstić information content (AvgIpc) is 3.70. The number of nitriles is 1. The number of hydrogen-bond donors (Lipinski definition) is 2. The van der Waals surface area contributed by atoms with Gasteiger partial charge in [-0.25, -0.2) is 0 Å². The quantitative estimate of drug-likeness (QED) is 0.324. The zero-order chi connectivity index (χ0) is 27.6. The van der Waals surface area contributed by atoms with E-state index >= 15 is 0 Å². The summed E-state index contributed by atoms with van der Waals surface area (Å²) in [5.74, 6) is 1.57. The summed E-state index contributed by atoms with van der Waals surface area (Å²) in [4.78, 5) is 9.09. The highest BCUT2D eigenvalue weighted by Gasteiger charge is 2.46. The molecular weight excluding hydrogens is 541 g/mol. The van der Waals surface area contributed by atoms with Crippen LogP contribution in [-0.4, -0.2) is 79.2 Å². The standard InChI is InChI=1S/C28H31Cl2N5O4/c1-37-24-15-23(20(29)13-21(24)30)33-27-18(16-31)17-32-22-14-26(25(38-2)12-19(22)27)39-11-3-6-34-7-9-35(10-8-34)28(36)4-5-28/h12-15,17,36H,3-11H2,1-2H3,(H,32,33). The Balaban J connectivity index is 1.29. The SMILES string of the molecule is COc1cc(Nc2c(C#N)cnc3cc(OCCCN4CCN(C5(O)CC5)CC4)c(OC)cc23)c(Cl)cc1Cl. The first-order valence-electron chi connectivity index (χ1n) is 12.9. The van der Waals surface area contributed by atoms with E-state index in [0.29, 0.717) is 61.7 Å². The molecule has 39 heavy (non-hydrogen) atoms. The fourth-order valence-corrected chi connectivity index (χ4v) is 5.40. The monoisotopic (exact) mass is 571 g/mol. The van der Waals surface area contributed by atoms with E-state index in [4.69, 9.17) is 37.4 Å². The van der Waals surface area contributed by atoms with Crippen molar-refractivity contribution in [2.45, 2.75) is 25.0 Å². The van der Waals surface area contributed by atoms with Gasteiger partial charge < -0.3 is 29.5 Å². The summed E-state index contributed by atoms with van der Waals surface area (Å²) < 4.78 is 17.1. The second-order valence-electron chi connectivity index (χ2n) is 9.78. The van der Waals surface area contributed by atoms with Crippen LogP contribution in [0.3, 0.4) is 0 Å². The van der Waals surface area contributed by atoms with Crippen LogP contribution in [-0.2, 0) is 0 Å². The van der Waals surface area contributed by atoms with E-state index in [1.165, 1.54) is 13.3 Å². The van der Waals surface area contributed by atoms with E-state index in [-0.39, 0.29) is 0 Å². The molecule has 1 aliphatic heterocycles. The molecule has 2 heterocycles. The zero-order valence-electron chi connectivity index (χ0n) is 22.0. The number of methoxy groups -OCH3 is 2. The van der Waals surface area contributed by atoms with E-state index < -0.39 is 5.72 Å². The molecule has 0 bridgehead atoms. The molecule has 0 atom stereocenters. The number of hydrogen-bond acceptors (Lipinski definition) is 9. The van der Waals surface area contributed by atoms with Crippen LogP contribution in [0.5, 0.6) is 17.2 Å². The maximum atomic E-state index is 10.3. The van der Waals surface area contributed by atoms with Gasteiger partial charge in [-0.3, -0.25) is 9.88 Å². The number of benzene rings is 2. The van der Waals surface area contributed by atoms with Crippen molar-refractivity contribution in [1.29, 1.82) is 5.26 Å².